The lowest BCUT2D eigenvalue weighted by Gasteiger charge is -2.23. The van der Waals surface area contributed by atoms with Gasteiger partial charge < -0.3 is 11.1 Å². The highest BCUT2D eigenvalue weighted by molar-refractivity contribution is 6.17. The van der Waals surface area contributed by atoms with Crippen molar-refractivity contribution in [1.29, 1.82) is 5.41 Å². The third kappa shape index (κ3) is 5.53. The maximum Gasteiger partial charge on any atom is 0.235 e. The second-order valence-electron chi connectivity index (χ2n) is 4.51. The molecule has 5 nitrogen and oxygen atoms in total. The van der Waals surface area contributed by atoms with Crippen LogP contribution in [-0.2, 0) is 9.59 Å². The minimum Gasteiger partial charge on any atom is -0.398 e. The third-order valence-corrected chi connectivity index (χ3v) is 3.02. The summed E-state index contributed by atoms with van der Waals surface area (Å²) in [6.07, 6.45) is 5.85. The van der Waals surface area contributed by atoms with Gasteiger partial charge in [0.05, 0.1) is 11.6 Å². The molecule has 118 valence electrons. The first-order valence-corrected chi connectivity index (χ1v) is 7.59. The van der Waals surface area contributed by atoms with Crippen LogP contribution in [-0.4, -0.2) is 17.5 Å². The molecule has 1 heterocycles. The lowest BCUT2D eigenvalue weighted by molar-refractivity contribution is -0.134. The average Bonchev–Trinajstić information content (AvgIpc) is 2.46. The van der Waals surface area contributed by atoms with Crippen molar-refractivity contribution in [3.63, 3.8) is 0 Å². The van der Waals surface area contributed by atoms with E-state index in [1.807, 2.05) is 39.8 Å². The Morgan fingerprint density at radius 2 is 1.86 bits per heavy atom. The zero-order valence-corrected chi connectivity index (χ0v) is 13.5. The number of hydrogen-bond donors (Lipinski definition) is 3. The zero-order chi connectivity index (χ0) is 16.4. The second-order valence-corrected chi connectivity index (χ2v) is 4.51. The largest absolute Gasteiger partial charge is 0.398 e. The normalized spacial score (nSPS) is 19.5. The van der Waals surface area contributed by atoms with Crippen LogP contribution < -0.4 is 11.1 Å². The van der Waals surface area contributed by atoms with Crippen LogP contribution in [0.25, 0.3) is 0 Å². The Bertz CT molecular complexity index is 450. The summed E-state index contributed by atoms with van der Waals surface area (Å²) in [5, 5.41) is 10.5. The molecule has 0 radical (unpaired) electrons. The van der Waals surface area contributed by atoms with Crippen molar-refractivity contribution in [3.8, 4) is 0 Å². The van der Waals surface area contributed by atoms with E-state index in [0.29, 0.717) is 17.7 Å². The van der Waals surface area contributed by atoms with Crippen molar-refractivity contribution in [2.24, 2.45) is 11.7 Å². The number of nitrogens with two attached hydrogens (primary N) is 1. The summed E-state index contributed by atoms with van der Waals surface area (Å²) >= 11 is 0. The number of imide groups is 1. The van der Waals surface area contributed by atoms with Crippen LogP contribution in [0.3, 0.4) is 0 Å². The molecular formula is C16H27N3O2. The molecule has 0 bridgehead atoms. The topological polar surface area (TPSA) is 96.0 Å². The molecule has 0 saturated carbocycles. The first kappa shape index (κ1) is 19.1. The van der Waals surface area contributed by atoms with Crippen LogP contribution in [0.5, 0.6) is 0 Å². The van der Waals surface area contributed by atoms with E-state index < -0.39 is 11.8 Å². The third-order valence-electron chi connectivity index (χ3n) is 3.02. The molecule has 1 aliphatic heterocycles. The monoisotopic (exact) mass is 293 g/mol. The predicted octanol–water partition coefficient (Wildman–Crippen LogP) is 2.67. The minimum atomic E-state index is -0.584. The molecule has 2 amide bonds. The van der Waals surface area contributed by atoms with Crippen molar-refractivity contribution >= 4 is 17.5 Å². The van der Waals surface area contributed by atoms with Crippen molar-refractivity contribution in [2.45, 2.75) is 53.4 Å². The number of nitrogens with one attached hydrogen (secondary N) is 2. The van der Waals surface area contributed by atoms with Gasteiger partial charge in [0.15, 0.2) is 0 Å². The summed E-state index contributed by atoms with van der Waals surface area (Å²) in [6.45, 7) is 7.92. The number of piperidine rings is 1. The van der Waals surface area contributed by atoms with E-state index in [-0.39, 0.29) is 18.0 Å². The van der Waals surface area contributed by atoms with Gasteiger partial charge in [0, 0.05) is 17.7 Å². The molecular weight excluding hydrogens is 266 g/mol. The zero-order valence-electron chi connectivity index (χ0n) is 13.5. The molecule has 1 saturated heterocycles. The fourth-order valence-electron chi connectivity index (χ4n) is 2.07. The quantitative estimate of drug-likeness (QED) is 0.413. The summed E-state index contributed by atoms with van der Waals surface area (Å²) in [7, 11) is 0. The van der Waals surface area contributed by atoms with Gasteiger partial charge in [-0.3, -0.25) is 14.9 Å². The summed E-state index contributed by atoms with van der Waals surface area (Å²) in [4.78, 5) is 22.9. The number of rotatable bonds is 5. The molecule has 0 aromatic rings. The molecule has 0 aromatic heterocycles. The van der Waals surface area contributed by atoms with E-state index in [2.05, 4.69) is 5.32 Å². The van der Waals surface area contributed by atoms with Gasteiger partial charge >= 0.3 is 0 Å². The fraction of sp³-hybridized carbons (Fsp3) is 0.562. The highest BCUT2D eigenvalue weighted by Gasteiger charge is 2.31. The number of carbonyl (C=O) groups excluding carboxylic acids is 2. The van der Waals surface area contributed by atoms with Gasteiger partial charge in [-0.05, 0) is 19.3 Å². The van der Waals surface area contributed by atoms with Crippen LogP contribution in [0.4, 0.5) is 0 Å². The van der Waals surface area contributed by atoms with Gasteiger partial charge in [-0.2, -0.15) is 0 Å². The van der Waals surface area contributed by atoms with Crippen LogP contribution in [0.1, 0.15) is 53.4 Å². The Kier molecular flexibility index (Phi) is 9.01. The maximum atomic E-state index is 11.8. The summed E-state index contributed by atoms with van der Waals surface area (Å²) in [6, 6.07) is 0. The standard InChI is InChI=1S/C14H21N3O2.C2H6/c1-3-5-9(11(15)6-4-2)13(16)10-7-8-12(18)17-14(10)19;1-2/h5-6,10,16H,3-4,7-8,15H2,1-2H3,(H,17,18,19);1-2H3/b9-5+,11-6+,16-13?;. The SMILES string of the molecule is CC.CC/C=C(N)\C(=C/CC)C(=N)C1CCC(=O)NC1=O. The Morgan fingerprint density at radius 3 is 2.33 bits per heavy atom. The van der Waals surface area contributed by atoms with Crippen molar-refractivity contribution in [2.75, 3.05) is 0 Å². The van der Waals surface area contributed by atoms with Gasteiger partial charge in [-0.1, -0.05) is 39.8 Å². The molecule has 1 atom stereocenters. The fourth-order valence-corrected chi connectivity index (χ4v) is 2.07. The first-order valence-electron chi connectivity index (χ1n) is 7.59. The maximum absolute atomic E-state index is 11.8. The lowest BCUT2D eigenvalue weighted by Crippen LogP contribution is -2.44. The second kappa shape index (κ2) is 9.91. The molecule has 21 heavy (non-hydrogen) atoms. The van der Waals surface area contributed by atoms with Crippen molar-refractivity contribution in [3.05, 3.63) is 23.4 Å². The summed E-state index contributed by atoms with van der Waals surface area (Å²) in [5.41, 5.74) is 7.29. The lowest BCUT2D eigenvalue weighted by atomic mass is 9.87. The van der Waals surface area contributed by atoms with E-state index in [1.165, 1.54) is 0 Å². The average molecular weight is 293 g/mol. The summed E-state index contributed by atoms with van der Waals surface area (Å²) < 4.78 is 0. The van der Waals surface area contributed by atoms with Gasteiger partial charge in [-0.15, -0.1) is 0 Å². The van der Waals surface area contributed by atoms with Crippen LogP contribution in [0.15, 0.2) is 23.4 Å². The minimum absolute atomic E-state index is 0.203. The van der Waals surface area contributed by atoms with Gasteiger partial charge in [0.25, 0.3) is 0 Å². The number of amides is 2. The molecule has 4 N–H and O–H groups in total. The molecule has 0 aromatic carbocycles. The Labute approximate surface area is 127 Å². The Balaban J connectivity index is 0.00000191. The highest BCUT2D eigenvalue weighted by atomic mass is 16.2. The molecule has 1 fully saturated rings. The molecule has 5 heteroatoms. The van der Waals surface area contributed by atoms with Gasteiger partial charge in [0.2, 0.25) is 11.8 Å². The van der Waals surface area contributed by atoms with E-state index in [1.54, 1.807) is 0 Å². The molecule has 0 aliphatic carbocycles. The van der Waals surface area contributed by atoms with E-state index in [4.69, 9.17) is 11.1 Å². The number of allylic oxidation sites excluding steroid dienone is 3. The molecule has 0 spiro atoms. The molecule has 1 unspecified atom stereocenters. The van der Waals surface area contributed by atoms with Crippen LogP contribution >= 0.6 is 0 Å². The van der Waals surface area contributed by atoms with E-state index in [9.17, 15) is 9.59 Å². The van der Waals surface area contributed by atoms with Crippen LogP contribution in [0.2, 0.25) is 0 Å². The number of hydrogen-bond acceptors (Lipinski definition) is 4. The van der Waals surface area contributed by atoms with Gasteiger partial charge in [-0.25, -0.2) is 0 Å². The smallest absolute Gasteiger partial charge is 0.235 e. The van der Waals surface area contributed by atoms with E-state index in [0.717, 1.165) is 12.8 Å². The van der Waals surface area contributed by atoms with Crippen molar-refractivity contribution in [1.82, 2.24) is 5.32 Å². The number of carbonyl (C=O) groups is 2. The molecule has 1 rings (SSSR count). The molecule has 1 aliphatic rings. The van der Waals surface area contributed by atoms with Crippen molar-refractivity contribution < 1.29 is 9.59 Å². The summed E-state index contributed by atoms with van der Waals surface area (Å²) in [5.74, 6) is -1.25. The van der Waals surface area contributed by atoms with Crippen LogP contribution in [0, 0.1) is 11.3 Å². The Morgan fingerprint density at radius 1 is 1.29 bits per heavy atom. The van der Waals surface area contributed by atoms with Gasteiger partial charge in [0.1, 0.15) is 0 Å². The predicted molar refractivity (Wildman–Crippen MR) is 85.9 cm³/mol. The highest BCUT2D eigenvalue weighted by Crippen LogP contribution is 2.21. The van der Waals surface area contributed by atoms with E-state index >= 15 is 0 Å². The first-order chi connectivity index (χ1) is 10.0. The Hall–Kier alpha value is -1.91.